The van der Waals surface area contributed by atoms with Crippen LogP contribution in [-0.4, -0.2) is 46.1 Å². The fraction of sp³-hybridized carbons (Fsp3) is 0.692. The number of hydrogen-bond acceptors (Lipinski definition) is 6. The van der Waals surface area contributed by atoms with Crippen LogP contribution in [0.5, 0.6) is 0 Å². The maximum Gasteiger partial charge on any atom is 0.325 e. The van der Waals surface area contributed by atoms with Crippen molar-refractivity contribution in [3.63, 3.8) is 0 Å². The average Bonchev–Trinajstić information content (AvgIpc) is 2.87. The van der Waals surface area contributed by atoms with E-state index in [9.17, 15) is 9.59 Å². The summed E-state index contributed by atoms with van der Waals surface area (Å²) < 4.78 is 8.75. The summed E-state index contributed by atoms with van der Waals surface area (Å²) in [6, 6.07) is 0. The van der Waals surface area contributed by atoms with Gasteiger partial charge in [0, 0.05) is 6.54 Å². The molecule has 20 heavy (non-hydrogen) atoms. The van der Waals surface area contributed by atoms with Crippen molar-refractivity contribution in [3.05, 3.63) is 10.6 Å². The number of amides is 1. The molecule has 112 valence electrons. The number of carbonyl (C=O) groups excluding carboxylic acids is 2. The summed E-state index contributed by atoms with van der Waals surface area (Å²) >= 11 is 1.08. The van der Waals surface area contributed by atoms with Crippen molar-refractivity contribution in [2.24, 2.45) is 0 Å². The third kappa shape index (κ3) is 4.26. The third-order valence-corrected chi connectivity index (χ3v) is 3.39. The summed E-state index contributed by atoms with van der Waals surface area (Å²) in [7, 11) is 0. The van der Waals surface area contributed by atoms with Gasteiger partial charge in [-0.25, -0.2) is 0 Å². The molecule has 6 nitrogen and oxygen atoms in total. The van der Waals surface area contributed by atoms with E-state index in [2.05, 4.69) is 9.59 Å². The molecule has 0 spiro atoms. The SMILES string of the molecule is CCCN(CC(=O)OCC)C(=O)c1snnc1C(C)C. The molecule has 0 aliphatic carbocycles. The predicted octanol–water partition coefficient (Wildman–Crippen LogP) is 2.08. The molecule has 1 aromatic rings. The zero-order valence-corrected chi connectivity index (χ0v) is 13.2. The Kier molecular flexibility index (Phi) is 6.57. The first kappa shape index (κ1) is 16.6. The summed E-state index contributed by atoms with van der Waals surface area (Å²) in [5, 5.41) is 4.00. The molecule has 1 rings (SSSR count). The van der Waals surface area contributed by atoms with Crippen molar-refractivity contribution in [1.29, 1.82) is 0 Å². The Bertz CT molecular complexity index is 459. The van der Waals surface area contributed by atoms with Gasteiger partial charge in [-0.05, 0) is 30.8 Å². The molecule has 1 aromatic heterocycles. The highest BCUT2D eigenvalue weighted by Gasteiger charge is 2.25. The molecule has 0 N–H and O–H groups in total. The predicted molar refractivity (Wildman–Crippen MR) is 76.8 cm³/mol. The number of rotatable bonds is 7. The standard InChI is InChI=1S/C13H21N3O3S/c1-5-7-16(8-10(17)19-6-2)13(18)12-11(9(3)4)14-15-20-12/h9H,5-8H2,1-4H3. The summed E-state index contributed by atoms with van der Waals surface area (Å²) in [6.45, 7) is 8.41. The van der Waals surface area contributed by atoms with Gasteiger partial charge in [0.05, 0.1) is 12.3 Å². The molecule has 1 amide bonds. The van der Waals surface area contributed by atoms with Gasteiger partial charge in [0.25, 0.3) is 5.91 Å². The monoisotopic (exact) mass is 299 g/mol. The van der Waals surface area contributed by atoms with Crippen LogP contribution < -0.4 is 0 Å². The number of carbonyl (C=O) groups is 2. The third-order valence-electron chi connectivity index (χ3n) is 2.66. The highest BCUT2D eigenvalue weighted by atomic mass is 32.1. The van der Waals surface area contributed by atoms with Crippen LogP contribution in [0.3, 0.4) is 0 Å². The average molecular weight is 299 g/mol. The first-order chi connectivity index (χ1) is 9.51. The van der Waals surface area contributed by atoms with E-state index >= 15 is 0 Å². The Morgan fingerprint density at radius 2 is 2.05 bits per heavy atom. The maximum atomic E-state index is 12.5. The molecule has 0 aliphatic rings. The van der Waals surface area contributed by atoms with Crippen molar-refractivity contribution in [1.82, 2.24) is 14.5 Å². The molecule has 0 fully saturated rings. The Balaban J connectivity index is 2.87. The largest absolute Gasteiger partial charge is 0.465 e. The van der Waals surface area contributed by atoms with Crippen LogP contribution in [0.25, 0.3) is 0 Å². The second-order valence-electron chi connectivity index (χ2n) is 4.67. The van der Waals surface area contributed by atoms with Crippen molar-refractivity contribution >= 4 is 23.4 Å². The lowest BCUT2D eigenvalue weighted by Crippen LogP contribution is -2.37. The number of esters is 1. The van der Waals surface area contributed by atoms with E-state index in [-0.39, 0.29) is 18.4 Å². The van der Waals surface area contributed by atoms with Gasteiger partial charge in [-0.15, -0.1) is 5.10 Å². The van der Waals surface area contributed by atoms with Gasteiger partial charge in [-0.2, -0.15) is 0 Å². The quantitative estimate of drug-likeness (QED) is 0.721. The molecule has 1 heterocycles. The van der Waals surface area contributed by atoms with Crippen LogP contribution in [0.1, 0.15) is 55.4 Å². The van der Waals surface area contributed by atoms with Gasteiger partial charge in [0.2, 0.25) is 0 Å². The first-order valence-corrected chi connectivity index (χ1v) is 7.55. The Morgan fingerprint density at radius 1 is 1.35 bits per heavy atom. The Hall–Kier alpha value is -1.50. The van der Waals surface area contributed by atoms with Gasteiger partial charge < -0.3 is 9.64 Å². The van der Waals surface area contributed by atoms with Crippen molar-refractivity contribution in [3.8, 4) is 0 Å². The normalized spacial score (nSPS) is 10.7. The molecular weight excluding hydrogens is 278 g/mol. The van der Waals surface area contributed by atoms with Gasteiger partial charge in [-0.3, -0.25) is 9.59 Å². The molecule has 0 bridgehead atoms. The lowest BCUT2D eigenvalue weighted by atomic mass is 10.1. The molecular formula is C13H21N3O3S. The van der Waals surface area contributed by atoms with E-state index in [0.29, 0.717) is 23.7 Å². The van der Waals surface area contributed by atoms with Gasteiger partial charge >= 0.3 is 5.97 Å². The topological polar surface area (TPSA) is 72.4 Å². The molecule has 7 heteroatoms. The van der Waals surface area contributed by atoms with E-state index in [1.165, 1.54) is 4.90 Å². The second-order valence-corrected chi connectivity index (χ2v) is 5.43. The minimum atomic E-state index is -0.391. The fourth-order valence-corrected chi connectivity index (χ4v) is 2.54. The van der Waals surface area contributed by atoms with E-state index in [1.807, 2.05) is 20.8 Å². The Morgan fingerprint density at radius 3 is 2.60 bits per heavy atom. The van der Waals surface area contributed by atoms with Gasteiger partial charge in [0.1, 0.15) is 11.4 Å². The lowest BCUT2D eigenvalue weighted by Gasteiger charge is -2.20. The molecule has 0 aromatic carbocycles. The summed E-state index contributed by atoms with van der Waals surface area (Å²) in [6.07, 6.45) is 0.772. The van der Waals surface area contributed by atoms with Gasteiger partial charge in [-0.1, -0.05) is 25.3 Å². The first-order valence-electron chi connectivity index (χ1n) is 6.78. The number of hydrogen-bond donors (Lipinski definition) is 0. The van der Waals surface area contributed by atoms with Crippen molar-refractivity contribution in [2.75, 3.05) is 19.7 Å². The van der Waals surface area contributed by atoms with E-state index in [4.69, 9.17) is 4.74 Å². The maximum absolute atomic E-state index is 12.5. The fourth-order valence-electron chi connectivity index (χ4n) is 1.75. The molecule has 0 unspecified atom stereocenters. The molecule has 0 aliphatic heterocycles. The Labute approximate surface area is 123 Å². The number of nitrogens with zero attached hydrogens (tertiary/aromatic N) is 3. The van der Waals surface area contributed by atoms with E-state index in [1.54, 1.807) is 6.92 Å². The van der Waals surface area contributed by atoms with Gasteiger partial charge in [0.15, 0.2) is 0 Å². The minimum absolute atomic E-state index is 0.0318. The molecule has 0 atom stereocenters. The zero-order valence-electron chi connectivity index (χ0n) is 12.4. The molecule has 0 radical (unpaired) electrons. The molecule has 0 saturated heterocycles. The lowest BCUT2D eigenvalue weighted by molar-refractivity contribution is -0.143. The summed E-state index contributed by atoms with van der Waals surface area (Å²) in [4.78, 5) is 26.1. The van der Waals surface area contributed by atoms with Crippen LogP contribution in [0.4, 0.5) is 0 Å². The van der Waals surface area contributed by atoms with Crippen LogP contribution in [0.15, 0.2) is 0 Å². The van der Waals surface area contributed by atoms with Crippen LogP contribution >= 0.6 is 11.5 Å². The van der Waals surface area contributed by atoms with Crippen LogP contribution in [0.2, 0.25) is 0 Å². The highest BCUT2D eigenvalue weighted by Crippen LogP contribution is 2.21. The smallest absolute Gasteiger partial charge is 0.325 e. The van der Waals surface area contributed by atoms with Crippen LogP contribution in [-0.2, 0) is 9.53 Å². The zero-order chi connectivity index (χ0) is 15.1. The highest BCUT2D eigenvalue weighted by molar-refractivity contribution is 7.08. The number of aromatic nitrogens is 2. The summed E-state index contributed by atoms with van der Waals surface area (Å²) in [5.74, 6) is -0.463. The summed E-state index contributed by atoms with van der Waals surface area (Å²) in [5.41, 5.74) is 0.685. The van der Waals surface area contributed by atoms with E-state index in [0.717, 1.165) is 18.0 Å². The molecule has 0 saturated carbocycles. The van der Waals surface area contributed by atoms with Crippen molar-refractivity contribution < 1.29 is 14.3 Å². The second kappa shape index (κ2) is 7.94. The minimum Gasteiger partial charge on any atom is -0.465 e. The van der Waals surface area contributed by atoms with E-state index < -0.39 is 5.97 Å². The number of ether oxygens (including phenoxy) is 1. The van der Waals surface area contributed by atoms with Crippen molar-refractivity contribution in [2.45, 2.75) is 40.0 Å². The van der Waals surface area contributed by atoms with Crippen LogP contribution in [0, 0.1) is 0 Å².